The van der Waals surface area contributed by atoms with Gasteiger partial charge in [0.1, 0.15) is 17.3 Å². The number of anilines is 1. The minimum Gasteiger partial charge on any atom is -0.370 e. The first kappa shape index (κ1) is 9.84. The Morgan fingerprint density at radius 2 is 2.38 bits per heavy atom. The molecule has 0 saturated heterocycles. The predicted molar refractivity (Wildman–Crippen MR) is 61.6 cm³/mol. The second kappa shape index (κ2) is 3.90. The molecule has 6 heteroatoms. The van der Waals surface area contributed by atoms with E-state index >= 15 is 0 Å². The van der Waals surface area contributed by atoms with Crippen molar-refractivity contribution >= 4 is 23.2 Å². The number of fused-ring (bicyclic) bond motifs is 1. The molecule has 84 valence electrons. The quantitative estimate of drug-likeness (QED) is 0.830. The average molecular weight is 238 g/mol. The molecule has 2 heterocycles. The van der Waals surface area contributed by atoms with Gasteiger partial charge in [0.25, 0.3) is 5.78 Å². The van der Waals surface area contributed by atoms with Crippen LogP contribution >= 0.6 is 11.6 Å². The van der Waals surface area contributed by atoms with Gasteiger partial charge in [-0.3, -0.25) is 0 Å². The van der Waals surface area contributed by atoms with Crippen molar-refractivity contribution in [1.29, 1.82) is 0 Å². The SMILES string of the molecule is Clc1cc(NCC2CCC2)n2ncnc2n1. The average Bonchev–Trinajstić information content (AvgIpc) is 2.62. The zero-order valence-electron chi connectivity index (χ0n) is 8.73. The van der Waals surface area contributed by atoms with E-state index in [4.69, 9.17) is 11.6 Å². The van der Waals surface area contributed by atoms with Gasteiger partial charge in [0.15, 0.2) is 0 Å². The van der Waals surface area contributed by atoms with Crippen LogP contribution in [0.25, 0.3) is 5.78 Å². The van der Waals surface area contributed by atoms with Crippen LogP contribution in [-0.2, 0) is 0 Å². The zero-order chi connectivity index (χ0) is 11.0. The summed E-state index contributed by atoms with van der Waals surface area (Å²) in [5.41, 5.74) is 0. The number of hydrogen-bond donors (Lipinski definition) is 1. The largest absolute Gasteiger partial charge is 0.370 e. The van der Waals surface area contributed by atoms with Crippen LogP contribution in [0.3, 0.4) is 0 Å². The number of aromatic nitrogens is 4. The molecule has 3 rings (SSSR count). The molecule has 0 atom stereocenters. The molecule has 1 aliphatic carbocycles. The predicted octanol–water partition coefficient (Wildman–Crippen LogP) is 1.99. The molecule has 5 nitrogen and oxygen atoms in total. The van der Waals surface area contributed by atoms with Gasteiger partial charge in [-0.05, 0) is 18.8 Å². The molecule has 1 aliphatic rings. The van der Waals surface area contributed by atoms with Gasteiger partial charge in [-0.1, -0.05) is 18.0 Å². The van der Waals surface area contributed by atoms with Crippen molar-refractivity contribution in [2.45, 2.75) is 19.3 Å². The lowest BCUT2D eigenvalue weighted by atomic mass is 9.85. The van der Waals surface area contributed by atoms with Gasteiger partial charge >= 0.3 is 0 Å². The number of rotatable bonds is 3. The zero-order valence-corrected chi connectivity index (χ0v) is 9.48. The summed E-state index contributed by atoms with van der Waals surface area (Å²) in [5.74, 6) is 2.17. The van der Waals surface area contributed by atoms with Crippen molar-refractivity contribution < 1.29 is 0 Å². The van der Waals surface area contributed by atoms with Crippen LogP contribution in [0.15, 0.2) is 12.4 Å². The van der Waals surface area contributed by atoms with Crippen LogP contribution < -0.4 is 5.32 Å². The third-order valence-electron chi connectivity index (χ3n) is 3.02. The summed E-state index contributed by atoms with van der Waals surface area (Å²) < 4.78 is 1.67. The van der Waals surface area contributed by atoms with Gasteiger partial charge in [-0.15, -0.1) is 0 Å². The molecule has 2 aromatic heterocycles. The van der Waals surface area contributed by atoms with Crippen LogP contribution in [0.4, 0.5) is 5.82 Å². The monoisotopic (exact) mass is 237 g/mol. The minimum atomic E-state index is 0.441. The van der Waals surface area contributed by atoms with Crippen molar-refractivity contribution in [2.24, 2.45) is 5.92 Å². The summed E-state index contributed by atoms with van der Waals surface area (Å²) in [5, 5.41) is 7.90. The maximum Gasteiger partial charge on any atom is 0.255 e. The van der Waals surface area contributed by atoms with E-state index in [1.54, 1.807) is 10.6 Å². The van der Waals surface area contributed by atoms with E-state index in [-0.39, 0.29) is 0 Å². The van der Waals surface area contributed by atoms with Gasteiger partial charge < -0.3 is 5.32 Å². The Kier molecular flexibility index (Phi) is 2.40. The molecule has 0 amide bonds. The lowest BCUT2D eigenvalue weighted by Crippen LogP contribution is -2.22. The van der Waals surface area contributed by atoms with E-state index in [9.17, 15) is 0 Å². The first-order valence-electron chi connectivity index (χ1n) is 5.43. The smallest absolute Gasteiger partial charge is 0.255 e. The van der Waals surface area contributed by atoms with Crippen molar-refractivity contribution in [3.63, 3.8) is 0 Å². The van der Waals surface area contributed by atoms with Gasteiger partial charge in [-0.2, -0.15) is 19.6 Å². The first-order valence-corrected chi connectivity index (χ1v) is 5.81. The molecule has 1 fully saturated rings. The lowest BCUT2D eigenvalue weighted by Gasteiger charge is -2.25. The van der Waals surface area contributed by atoms with Crippen molar-refractivity contribution in [2.75, 3.05) is 11.9 Å². The first-order chi connectivity index (χ1) is 7.83. The van der Waals surface area contributed by atoms with Crippen LogP contribution in [0.2, 0.25) is 5.15 Å². The molecular formula is C10H12ClN5. The van der Waals surface area contributed by atoms with E-state index in [1.807, 2.05) is 0 Å². The normalized spacial score (nSPS) is 16.3. The fourth-order valence-electron chi connectivity index (χ4n) is 1.86. The molecule has 1 saturated carbocycles. The number of hydrogen-bond acceptors (Lipinski definition) is 4. The summed E-state index contributed by atoms with van der Waals surface area (Å²) in [6.07, 6.45) is 5.45. The van der Waals surface area contributed by atoms with Crippen molar-refractivity contribution in [3.05, 3.63) is 17.5 Å². The molecule has 0 radical (unpaired) electrons. The number of nitrogens with zero attached hydrogens (tertiary/aromatic N) is 4. The Labute approximate surface area is 97.8 Å². The second-order valence-electron chi connectivity index (χ2n) is 4.11. The highest BCUT2D eigenvalue weighted by Crippen LogP contribution is 2.26. The standard InChI is InChI=1S/C10H12ClN5/c11-8-4-9(12-5-7-2-1-3-7)16-10(15-8)13-6-14-16/h4,6-7,12H,1-3,5H2. The summed E-state index contributed by atoms with van der Waals surface area (Å²) >= 11 is 5.91. The van der Waals surface area contributed by atoms with Gasteiger partial charge in [0.2, 0.25) is 0 Å². The van der Waals surface area contributed by atoms with E-state index in [0.29, 0.717) is 10.9 Å². The molecule has 0 spiro atoms. The third-order valence-corrected chi connectivity index (χ3v) is 3.21. The maximum absolute atomic E-state index is 5.91. The van der Waals surface area contributed by atoms with Crippen LogP contribution in [-0.4, -0.2) is 26.1 Å². The highest BCUT2D eigenvalue weighted by atomic mass is 35.5. The van der Waals surface area contributed by atoms with Gasteiger partial charge in [0, 0.05) is 12.6 Å². The van der Waals surface area contributed by atoms with Crippen LogP contribution in [0.5, 0.6) is 0 Å². The van der Waals surface area contributed by atoms with Crippen LogP contribution in [0.1, 0.15) is 19.3 Å². The fourth-order valence-corrected chi connectivity index (χ4v) is 2.03. The van der Waals surface area contributed by atoms with Crippen molar-refractivity contribution in [3.8, 4) is 0 Å². The number of halogens is 1. The Morgan fingerprint density at radius 3 is 3.12 bits per heavy atom. The van der Waals surface area contributed by atoms with Crippen LogP contribution in [0, 0.1) is 5.92 Å². The Hall–Kier alpha value is -1.36. The fraction of sp³-hybridized carbons (Fsp3) is 0.500. The summed E-state index contributed by atoms with van der Waals surface area (Å²) in [4.78, 5) is 8.09. The van der Waals surface area contributed by atoms with Gasteiger partial charge in [0.05, 0.1) is 0 Å². The summed E-state index contributed by atoms with van der Waals surface area (Å²) in [6.45, 7) is 0.968. The number of nitrogens with one attached hydrogen (secondary N) is 1. The maximum atomic E-state index is 5.91. The molecule has 0 aromatic carbocycles. The van der Waals surface area contributed by atoms with E-state index in [2.05, 4.69) is 20.4 Å². The topological polar surface area (TPSA) is 55.1 Å². The molecular weight excluding hydrogens is 226 g/mol. The third kappa shape index (κ3) is 1.71. The Morgan fingerprint density at radius 1 is 1.50 bits per heavy atom. The van der Waals surface area contributed by atoms with E-state index < -0.39 is 0 Å². The summed E-state index contributed by atoms with van der Waals surface area (Å²) in [6, 6.07) is 1.78. The highest BCUT2D eigenvalue weighted by Gasteiger charge is 2.17. The molecule has 1 N–H and O–H groups in total. The molecule has 2 aromatic rings. The second-order valence-corrected chi connectivity index (χ2v) is 4.50. The Bertz CT molecular complexity index is 505. The Balaban J connectivity index is 1.85. The molecule has 0 unspecified atom stereocenters. The minimum absolute atomic E-state index is 0.441. The van der Waals surface area contributed by atoms with Gasteiger partial charge in [-0.25, -0.2) is 0 Å². The van der Waals surface area contributed by atoms with E-state index in [1.165, 1.54) is 25.6 Å². The molecule has 0 bridgehead atoms. The lowest BCUT2D eigenvalue weighted by molar-refractivity contribution is 0.333. The molecule has 16 heavy (non-hydrogen) atoms. The van der Waals surface area contributed by atoms with E-state index in [0.717, 1.165) is 18.3 Å². The molecule has 0 aliphatic heterocycles. The van der Waals surface area contributed by atoms with Crippen molar-refractivity contribution in [1.82, 2.24) is 19.6 Å². The summed E-state index contributed by atoms with van der Waals surface area (Å²) in [7, 11) is 0. The highest BCUT2D eigenvalue weighted by molar-refractivity contribution is 6.29.